The molecule has 43 heavy (non-hydrogen) atoms. The summed E-state index contributed by atoms with van der Waals surface area (Å²) in [5.74, 6) is -2.59. The van der Waals surface area contributed by atoms with Crippen LogP contribution in [0.25, 0.3) is 0 Å². The number of carbonyl (C=O) groups is 2. The number of hydrogen-bond donors (Lipinski definition) is 2. The Morgan fingerprint density at radius 2 is 1.91 bits per heavy atom. The number of carboxylic acid groups (broad SMARTS) is 1. The molecule has 232 valence electrons. The first kappa shape index (κ1) is 31.7. The van der Waals surface area contributed by atoms with Crippen molar-refractivity contribution in [1.82, 2.24) is 10.2 Å². The van der Waals surface area contributed by atoms with Crippen molar-refractivity contribution in [2.75, 3.05) is 51.3 Å². The lowest BCUT2D eigenvalue weighted by atomic mass is 9.60. The van der Waals surface area contributed by atoms with Crippen LogP contribution in [0.4, 0.5) is 15.8 Å². The summed E-state index contributed by atoms with van der Waals surface area (Å²) in [6.45, 7) is 9.19. The number of carbonyl (C=O) groups excluding carboxylic acids is 1. The van der Waals surface area contributed by atoms with Gasteiger partial charge in [0.1, 0.15) is 11.6 Å². The molecule has 2 heterocycles. The molecule has 0 radical (unpaired) electrons. The lowest BCUT2D eigenvalue weighted by Crippen LogP contribution is -2.57. The van der Waals surface area contributed by atoms with E-state index in [1.807, 2.05) is 6.92 Å². The Hall–Kier alpha value is -4.19. The third kappa shape index (κ3) is 6.43. The van der Waals surface area contributed by atoms with Crippen molar-refractivity contribution in [1.29, 1.82) is 0 Å². The van der Waals surface area contributed by atoms with E-state index in [0.29, 0.717) is 49.7 Å². The van der Waals surface area contributed by atoms with Crippen LogP contribution in [0.3, 0.4) is 0 Å². The van der Waals surface area contributed by atoms with E-state index < -0.39 is 34.2 Å². The molecule has 0 spiro atoms. The number of carboxylic acids is 1. The Balaban J connectivity index is 1.56. The summed E-state index contributed by atoms with van der Waals surface area (Å²) in [5, 5.41) is 25.6. The highest BCUT2D eigenvalue weighted by Crippen LogP contribution is 2.51. The molecule has 3 atom stereocenters. The topological polar surface area (TPSA) is 134 Å². The summed E-state index contributed by atoms with van der Waals surface area (Å²) >= 11 is 0. The normalized spacial score (nSPS) is 22.6. The SMILES string of the molecule is CCOc1cc(F)ccc1N1CCN(CCCC2(C(=O)O)C(C)NC(C)=C(C(=O)OC)C2c2cccc([N+](=O)[O-])c2)CC1. The highest BCUT2D eigenvalue weighted by atomic mass is 19.1. The van der Waals surface area contributed by atoms with E-state index >= 15 is 0 Å². The molecule has 4 rings (SSSR count). The molecule has 0 amide bonds. The van der Waals surface area contributed by atoms with Gasteiger partial charge in [-0.1, -0.05) is 12.1 Å². The summed E-state index contributed by atoms with van der Waals surface area (Å²) in [4.78, 5) is 41.8. The summed E-state index contributed by atoms with van der Waals surface area (Å²) in [5.41, 5.74) is 0.185. The molecule has 11 nitrogen and oxygen atoms in total. The zero-order valence-corrected chi connectivity index (χ0v) is 25.0. The van der Waals surface area contributed by atoms with Gasteiger partial charge in [-0.15, -0.1) is 0 Å². The molecular formula is C31H39FN4O7. The standard InChI is InChI=1S/C31H39FN4O7/c1-5-43-26-19-23(32)10-11-25(26)35-16-14-34(15-17-35)13-7-12-31(30(38)39)21(3)33-20(2)27(29(37)42-4)28(31)22-8-6-9-24(18-22)36(40)41/h6,8-11,18-19,21,28,33H,5,7,12-17H2,1-4H3,(H,38,39). The Morgan fingerprint density at radius 1 is 1.19 bits per heavy atom. The Kier molecular flexibility index (Phi) is 9.90. The lowest BCUT2D eigenvalue weighted by molar-refractivity contribution is -0.384. The van der Waals surface area contributed by atoms with Gasteiger partial charge in [0.05, 0.1) is 35.3 Å². The van der Waals surface area contributed by atoms with Gasteiger partial charge in [-0.3, -0.25) is 19.8 Å². The molecule has 2 aliphatic heterocycles. The second-order valence-electron chi connectivity index (χ2n) is 11.0. The molecule has 0 saturated carbocycles. The number of piperazine rings is 1. The molecule has 2 aromatic carbocycles. The fourth-order valence-electron chi connectivity index (χ4n) is 6.52. The Bertz CT molecular complexity index is 1390. The van der Waals surface area contributed by atoms with E-state index in [1.54, 1.807) is 26.0 Å². The predicted molar refractivity (Wildman–Crippen MR) is 159 cm³/mol. The molecule has 2 N–H and O–H groups in total. The maximum absolute atomic E-state index is 13.8. The minimum atomic E-state index is -1.49. The van der Waals surface area contributed by atoms with Crippen LogP contribution in [-0.2, 0) is 14.3 Å². The number of halogens is 1. The minimum Gasteiger partial charge on any atom is -0.492 e. The first-order chi connectivity index (χ1) is 20.5. The van der Waals surface area contributed by atoms with Crippen molar-refractivity contribution in [3.05, 3.63) is 75.2 Å². The molecule has 1 saturated heterocycles. The van der Waals surface area contributed by atoms with Crippen LogP contribution in [-0.4, -0.2) is 79.4 Å². The van der Waals surface area contributed by atoms with Crippen molar-refractivity contribution in [2.45, 2.75) is 45.6 Å². The fourth-order valence-corrected chi connectivity index (χ4v) is 6.52. The van der Waals surface area contributed by atoms with Crippen molar-refractivity contribution in [3.63, 3.8) is 0 Å². The number of allylic oxidation sites excluding steroid dienone is 1. The molecule has 1 fully saturated rings. The number of hydrogen-bond acceptors (Lipinski definition) is 9. The second-order valence-corrected chi connectivity index (χ2v) is 11.0. The number of benzene rings is 2. The van der Waals surface area contributed by atoms with Gasteiger partial charge in [-0.25, -0.2) is 9.18 Å². The predicted octanol–water partition coefficient (Wildman–Crippen LogP) is 4.33. The minimum absolute atomic E-state index is 0.154. The van der Waals surface area contributed by atoms with Gasteiger partial charge in [0.25, 0.3) is 5.69 Å². The number of non-ortho nitro benzene ring substituents is 1. The van der Waals surface area contributed by atoms with Crippen LogP contribution in [0.5, 0.6) is 5.75 Å². The monoisotopic (exact) mass is 598 g/mol. The molecule has 2 aromatic rings. The largest absolute Gasteiger partial charge is 0.492 e. The molecule has 12 heteroatoms. The summed E-state index contributed by atoms with van der Waals surface area (Å²) < 4.78 is 24.5. The number of nitro benzene ring substituents is 1. The highest BCUT2D eigenvalue weighted by Gasteiger charge is 2.56. The van der Waals surface area contributed by atoms with E-state index in [1.165, 1.54) is 37.4 Å². The molecule has 0 aliphatic carbocycles. The molecular weight excluding hydrogens is 559 g/mol. The maximum atomic E-state index is 13.8. The van der Waals surface area contributed by atoms with E-state index in [0.717, 1.165) is 18.8 Å². The van der Waals surface area contributed by atoms with Crippen molar-refractivity contribution in [3.8, 4) is 5.75 Å². The van der Waals surface area contributed by atoms with Crippen LogP contribution in [0.1, 0.15) is 45.1 Å². The number of esters is 1. The lowest BCUT2D eigenvalue weighted by Gasteiger charge is -2.47. The van der Waals surface area contributed by atoms with Gasteiger partial charge in [-0.05, 0) is 57.9 Å². The van der Waals surface area contributed by atoms with Crippen LogP contribution < -0.4 is 15.0 Å². The molecule has 2 aliphatic rings. The Labute approximate surface area is 250 Å². The number of nitrogens with one attached hydrogen (secondary N) is 1. The number of aliphatic carboxylic acids is 1. The quantitative estimate of drug-likeness (QED) is 0.219. The summed E-state index contributed by atoms with van der Waals surface area (Å²) in [6, 6.07) is 9.79. The number of nitro groups is 1. The second kappa shape index (κ2) is 13.4. The van der Waals surface area contributed by atoms with Gasteiger partial charge in [-0.2, -0.15) is 0 Å². The number of ether oxygens (including phenoxy) is 2. The fraction of sp³-hybridized carbons (Fsp3) is 0.484. The van der Waals surface area contributed by atoms with Gasteiger partial charge >= 0.3 is 11.9 Å². The average Bonchev–Trinajstić information content (AvgIpc) is 2.98. The summed E-state index contributed by atoms with van der Waals surface area (Å²) in [7, 11) is 1.23. The Morgan fingerprint density at radius 3 is 2.53 bits per heavy atom. The highest BCUT2D eigenvalue weighted by molar-refractivity contribution is 5.94. The zero-order valence-electron chi connectivity index (χ0n) is 25.0. The third-order valence-electron chi connectivity index (χ3n) is 8.63. The number of methoxy groups -OCH3 is 1. The first-order valence-corrected chi connectivity index (χ1v) is 14.5. The van der Waals surface area contributed by atoms with Gasteiger partial charge in [0.15, 0.2) is 0 Å². The van der Waals surface area contributed by atoms with Crippen molar-refractivity contribution in [2.24, 2.45) is 5.41 Å². The number of rotatable bonds is 11. The van der Waals surface area contributed by atoms with E-state index in [-0.39, 0.29) is 23.5 Å². The van der Waals surface area contributed by atoms with Crippen LogP contribution >= 0.6 is 0 Å². The van der Waals surface area contributed by atoms with Gasteiger partial charge < -0.3 is 24.8 Å². The number of nitrogens with zero attached hydrogens (tertiary/aromatic N) is 3. The van der Waals surface area contributed by atoms with Gasteiger partial charge in [0, 0.05) is 62.0 Å². The third-order valence-corrected chi connectivity index (χ3v) is 8.63. The average molecular weight is 599 g/mol. The zero-order chi connectivity index (χ0) is 31.3. The van der Waals surface area contributed by atoms with Crippen LogP contribution in [0.15, 0.2) is 53.7 Å². The molecule has 3 unspecified atom stereocenters. The van der Waals surface area contributed by atoms with Crippen LogP contribution in [0.2, 0.25) is 0 Å². The van der Waals surface area contributed by atoms with Gasteiger partial charge in [0.2, 0.25) is 0 Å². The van der Waals surface area contributed by atoms with E-state index in [4.69, 9.17) is 9.47 Å². The van der Waals surface area contributed by atoms with E-state index in [9.17, 15) is 29.2 Å². The molecule has 0 aromatic heterocycles. The summed E-state index contributed by atoms with van der Waals surface area (Å²) in [6.07, 6.45) is 0.724. The van der Waals surface area contributed by atoms with Crippen LogP contribution in [0, 0.1) is 21.3 Å². The van der Waals surface area contributed by atoms with Crippen molar-refractivity contribution < 1.29 is 33.5 Å². The smallest absolute Gasteiger partial charge is 0.336 e. The first-order valence-electron chi connectivity index (χ1n) is 14.5. The van der Waals surface area contributed by atoms with E-state index in [2.05, 4.69) is 15.1 Å². The molecule has 0 bridgehead atoms. The maximum Gasteiger partial charge on any atom is 0.336 e. The van der Waals surface area contributed by atoms with Crippen molar-refractivity contribution >= 4 is 23.3 Å². The number of anilines is 1.